The highest BCUT2D eigenvalue weighted by molar-refractivity contribution is 6.17. The van der Waals surface area contributed by atoms with Crippen molar-refractivity contribution in [3.63, 3.8) is 0 Å². The third-order valence-electron chi connectivity index (χ3n) is 2.42. The molecule has 1 rings (SSSR count). The molecule has 1 nitrogen and oxygen atoms in total. The van der Waals surface area contributed by atoms with Crippen molar-refractivity contribution in [1.29, 1.82) is 0 Å². The zero-order chi connectivity index (χ0) is 12.1. The number of hydrogen-bond acceptors (Lipinski definition) is 1. The van der Waals surface area contributed by atoms with E-state index in [2.05, 4.69) is 0 Å². The summed E-state index contributed by atoms with van der Waals surface area (Å²) in [7, 11) is 0. The highest BCUT2D eigenvalue weighted by atomic mass is 35.5. The van der Waals surface area contributed by atoms with Crippen LogP contribution in [0.1, 0.15) is 25.8 Å². The molecule has 0 atom stereocenters. The van der Waals surface area contributed by atoms with Crippen molar-refractivity contribution < 1.29 is 8.78 Å². The Kier molecular flexibility index (Phi) is 5.00. The lowest BCUT2D eigenvalue weighted by Crippen LogP contribution is -2.25. The van der Waals surface area contributed by atoms with Gasteiger partial charge in [0, 0.05) is 19.0 Å². The van der Waals surface area contributed by atoms with Crippen LogP contribution in [0.2, 0.25) is 0 Å². The monoisotopic (exact) mass is 247 g/mol. The molecule has 0 aliphatic rings. The summed E-state index contributed by atoms with van der Waals surface area (Å²) in [4.78, 5) is 1.70. The third kappa shape index (κ3) is 2.85. The van der Waals surface area contributed by atoms with Crippen LogP contribution in [0, 0.1) is 11.6 Å². The average Bonchev–Trinajstić information content (AvgIpc) is 2.26. The summed E-state index contributed by atoms with van der Waals surface area (Å²) in [5, 5.41) is 0. The van der Waals surface area contributed by atoms with Crippen molar-refractivity contribution in [2.24, 2.45) is 0 Å². The van der Waals surface area contributed by atoms with E-state index in [9.17, 15) is 8.78 Å². The van der Waals surface area contributed by atoms with Gasteiger partial charge in [-0.05, 0) is 31.0 Å². The minimum Gasteiger partial charge on any atom is -0.367 e. The Morgan fingerprint density at radius 2 is 1.75 bits per heavy atom. The molecule has 4 heteroatoms. The molecule has 0 amide bonds. The number of benzene rings is 1. The number of anilines is 1. The van der Waals surface area contributed by atoms with E-state index in [1.165, 1.54) is 12.1 Å². The number of halogens is 3. The molecule has 0 N–H and O–H groups in total. The third-order valence-corrected chi connectivity index (χ3v) is 2.73. The predicted molar refractivity (Wildman–Crippen MR) is 64.1 cm³/mol. The number of rotatable bonds is 5. The molecular formula is C12H16ClF2N. The molecule has 0 fully saturated rings. The molecule has 0 spiro atoms. The van der Waals surface area contributed by atoms with Crippen LogP contribution in [0.3, 0.4) is 0 Å². The first-order chi connectivity index (χ1) is 7.63. The molecule has 1 aromatic carbocycles. The van der Waals surface area contributed by atoms with Crippen LogP contribution in [0.4, 0.5) is 14.5 Å². The molecule has 0 radical (unpaired) electrons. The Labute approximate surface area is 100 Å². The maximum Gasteiger partial charge on any atom is 0.149 e. The van der Waals surface area contributed by atoms with E-state index >= 15 is 0 Å². The average molecular weight is 248 g/mol. The van der Waals surface area contributed by atoms with Crippen LogP contribution in [0.5, 0.6) is 0 Å². The second-order valence-electron chi connectivity index (χ2n) is 3.62. The lowest BCUT2D eigenvalue weighted by atomic mass is 10.2. The largest absolute Gasteiger partial charge is 0.367 e. The first-order valence-electron chi connectivity index (χ1n) is 5.42. The van der Waals surface area contributed by atoms with Crippen molar-refractivity contribution in [3.8, 4) is 0 Å². The van der Waals surface area contributed by atoms with Gasteiger partial charge < -0.3 is 4.90 Å². The van der Waals surface area contributed by atoms with Crippen LogP contribution < -0.4 is 4.90 Å². The van der Waals surface area contributed by atoms with Gasteiger partial charge in [-0.15, -0.1) is 11.6 Å². The Hall–Kier alpha value is -0.830. The van der Waals surface area contributed by atoms with E-state index in [0.29, 0.717) is 18.7 Å². The van der Waals surface area contributed by atoms with Crippen LogP contribution in [0.15, 0.2) is 12.1 Å². The second kappa shape index (κ2) is 6.04. The van der Waals surface area contributed by atoms with E-state index < -0.39 is 11.6 Å². The topological polar surface area (TPSA) is 3.24 Å². The van der Waals surface area contributed by atoms with Gasteiger partial charge in [0.15, 0.2) is 0 Å². The predicted octanol–water partition coefficient (Wildman–Crippen LogP) is 3.94. The maximum absolute atomic E-state index is 13.7. The van der Waals surface area contributed by atoms with Crippen molar-refractivity contribution in [3.05, 3.63) is 29.3 Å². The van der Waals surface area contributed by atoms with Crippen LogP contribution >= 0.6 is 11.6 Å². The van der Waals surface area contributed by atoms with Crippen molar-refractivity contribution in [1.82, 2.24) is 0 Å². The highest BCUT2D eigenvalue weighted by Gasteiger charge is 2.16. The van der Waals surface area contributed by atoms with E-state index in [1.54, 1.807) is 4.90 Å². The molecular weight excluding hydrogens is 232 g/mol. The van der Waals surface area contributed by atoms with E-state index in [1.807, 2.05) is 13.8 Å². The summed E-state index contributed by atoms with van der Waals surface area (Å²) in [5.41, 5.74) is 0.520. The van der Waals surface area contributed by atoms with Gasteiger partial charge in [-0.2, -0.15) is 0 Å². The number of nitrogens with zero attached hydrogens (tertiary/aromatic N) is 1. The molecule has 1 aromatic rings. The number of alkyl halides is 1. The molecule has 0 unspecified atom stereocenters. The van der Waals surface area contributed by atoms with Gasteiger partial charge in [-0.25, -0.2) is 8.78 Å². The molecule has 0 heterocycles. The molecule has 16 heavy (non-hydrogen) atoms. The molecule has 0 aliphatic carbocycles. The lowest BCUT2D eigenvalue weighted by Gasteiger charge is -2.23. The fourth-order valence-corrected chi connectivity index (χ4v) is 1.85. The van der Waals surface area contributed by atoms with Gasteiger partial charge in [0.05, 0.1) is 0 Å². The zero-order valence-corrected chi connectivity index (χ0v) is 10.3. The Morgan fingerprint density at radius 3 is 2.12 bits per heavy atom. The first kappa shape index (κ1) is 13.2. The smallest absolute Gasteiger partial charge is 0.149 e. The quantitative estimate of drug-likeness (QED) is 0.713. The van der Waals surface area contributed by atoms with Crippen molar-refractivity contribution >= 4 is 17.3 Å². The van der Waals surface area contributed by atoms with Gasteiger partial charge in [0.25, 0.3) is 0 Å². The van der Waals surface area contributed by atoms with Gasteiger partial charge in [-0.3, -0.25) is 0 Å². The van der Waals surface area contributed by atoms with Crippen molar-refractivity contribution in [2.75, 3.05) is 18.0 Å². The Bertz CT molecular complexity index is 332. The molecule has 0 saturated heterocycles. The molecule has 90 valence electrons. The summed E-state index contributed by atoms with van der Waals surface area (Å²) in [6, 6.07) is 2.59. The second-order valence-corrected chi connectivity index (χ2v) is 3.89. The summed E-state index contributed by atoms with van der Waals surface area (Å²) < 4.78 is 27.4. The minimum absolute atomic E-state index is 0.0539. The Balaban J connectivity index is 3.11. The van der Waals surface area contributed by atoms with Gasteiger partial charge in [0.2, 0.25) is 0 Å². The minimum atomic E-state index is -0.536. The van der Waals surface area contributed by atoms with Gasteiger partial charge in [-0.1, -0.05) is 6.92 Å². The summed E-state index contributed by atoms with van der Waals surface area (Å²) >= 11 is 5.55. The summed E-state index contributed by atoms with van der Waals surface area (Å²) in [5.74, 6) is -0.953. The van der Waals surface area contributed by atoms with Crippen LogP contribution in [-0.4, -0.2) is 13.1 Å². The standard InChI is InChI=1S/C12H16ClF2N/c1-3-5-16(4-2)12-10(14)6-9(8-13)7-11(12)15/h6-7H,3-5,8H2,1-2H3. The first-order valence-corrected chi connectivity index (χ1v) is 5.96. The summed E-state index contributed by atoms with van der Waals surface area (Å²) in [6.07, 6.45) is 0.851. The van der Waals surface area contributed by atoms with E-state index in [4.69, 9.17) is 11.6 Å². The molecule has 0 bridgehead atoms. The normalized spacial score (nSPS) is 10.6. The fraction of sp³-hybridized carbons (Fsp3) is 0.500. The van der Waals surface area contributed by atoms with Gasteiger partial charge >= 0.3 is 0 Å². The molecule has 0 aliphatic heterocycles. The van der Waals surface area contributed by atoms with Crippen LogP contribution in [0.25, 0.3) is 0 Å². The molecule has 0 aromatic heterocycles. The van der Waals surface area contributed by atoms with Crippen molar-refractivity contribution in [2.45, 2.75) is 26.1 Å². The Morgan fingerprint density at radius 1 is 1.19 bits per heavy atom. The SMILES string of the molecule is CCCN(CC)c1c(F)cc(CCl)cc1F. The lowest BCUT2D eigenvalue weighted by molar-refractivity contribution is 0.569. The zero-order valence-electron chi connectivity index (χ0n) is 9.56. The van der Waals surface area contributed by atoms with Crippen LogP contribution in [-0.2, 0) is 5.88 Å². The summed E-state index contributed by atoms with van der Waals surface area (Å²) in [6.45, 7) is 5.09. The number of hydrogen-bond donors (Lipinski definition) is 0. The molecule has 0 saturated carbocycles. The van der Waals surface area contributed by atoms with E-state index in [0.717, 1.165) is 6.42 Å². The van der Waals surface area contributed by atoms with E-state index in [-0.39, 0.29) is 11.6 Å². The fourth-order valence-electron chi connectivity index (χ4n) is 1.70. The van der Waals surface area contributed by atoms with Gasteiger partial charge in [0.1, 0.15) is 17.3 Å². The maximum atomic E-state index is 13.7. The highest BCUT2D eigenvalue weighted by Crippen LogP contribution is 2.25.